The second-order valence-electron chi connectivity index (χ2n) is 3.19. The van der Waals surface area contributed by atoms with Crippen LogP contribution in [0.2, 0.25) is 0 Å². The SMILES string of the molecule is CC(S)C(=O)N1CCC[C@@H]1CO. The van der Waals surface area contributed by atoms with Gasteiger partial charge < -0.3 is 10.0 Å². The maximum Gasteiger partial charge on any atom is 0.235 e. The minimum Gasteiger partial charge on any atom is -0.394 e. The lowest BCUT2D eigenvalue weighted by molar-refractivity contribution is -0.131. The van der Waals surface area contributed by atoms with Crippen molar-refractivity contribution in [3.05, 3.63) is 0 Å². The van der Waals surface area contributed by atoms with E-state index in [9.17, 15) is 4.79 Å². The Bertz CT molecular complexity index is 172. The first kappa shape index (κ1) is 9.86. The highest BCUT2D eigenvalue weighted by Gasteiger charge is 2.29. The van der Waals surface area contributed by atoms with Gasteiger partial charge in [-0.2, -0.15) is 12.6 Å². The molecule has 1 aliphatic rings. The average molecular weight is 189 g/mol. The molecule has 1 fully saturated rings. The fourth-order valence-corrected chi connectivity index (χ4v) is 1.70. The zero-order valence-corrected chi connectivity index (χ0v) is 8.13. The van der Waals surface area contributed by atoms with E-state index in [-0.39, 0.29) is 23.8 Å². The molecule has 4 heteroatoms. The summed E-state index contributed by atoms with van der Waals surface area (Å²) in [6, 6.07) is 0.0344. The third-order valence-electron chi connectivity index (χ3n) is 2.23. The number of rotatable bonds is 2. The molecule has 1 unspecified atom stereocenters. The van der Waals surface area contributed by atoms with Crippen molar-refractivity contribution in [2.24, 2.45) is 0 Å². The van der Waals surface area contributed by atoms with Crippen LogP contribution in [0.3, 0.4) is 0 Å². The largest absolute Gasteiger partial charge is 0.394 e. The first-order valence-electron chi connectivity index (χ1n) is 4.26. The van der Waals surface area contributed by atoms with Crippen LogP contribution in [0.5, 0.6) is 0 Å². The van der Waals surface area contributed by atoms with Crippen molar-refractivity contribution < 1.29 is 9.90 Å². The summed E-state index contributed by atoms with van der Waals surface area (Å²) in [6.45, 7) is 2.61. The summed E-state index contributed by atoms with van der Waals surface area (Å²) in [5.74, 6) is 0.0369. The molecule has 0 saturated carbocycles. The first-order valence-corrected chi connectivity index (χ1v) is 4.78. The van der Waals surface area contributed by atoms with Crippen LogP contribution in [0, 0.1) is 0 Å². The predicted octanol–water partition coefficient (Wildman–Crippen LogP) is 0.288. The lowest BCUT2D eigenvalue weighted by Gasteiger charge is -2.24. The van der Waals surface area contributed by atoms with Gasteiger partial charge in [0.1, 0.15) is 0 Å². The number of amides is 1. The minimum absolute atomic E-state index is 0.0344. The Kier molecular flexibility index (Phi) is 3.40. The first-order chi connectivity index (χ1) is 5.66. The van der Waals surface area contributed by atoms with E-state index in [1.165, 1.54) is 0 Å². The van der Waals surface area contributed by atoms with Gasteiger partial charge in [0.05, 0.1) is 17.9 Å². The Morgan fingerprint density at radius 1 is 1.83 bits per heavy atom. The molecule has 0 aromatic heterocycles. The molecule has 0 spiro atoms. The van der Waals surface area contributed by atoms with Crippen LogP contribution in [0.4, 0.5) is 0 Å². The van der Waals surface area contributed by atoms with Gasteiger partial charge in [0.2, 0.25) is 5.91 Å². The Morgan fingerprint density at radius 2 is 2.50 bits per heavy atom. The maximum atomic E-state index is 11.5. The summed E-state index contributed by atoms with van der Waals surface area (Å²) in [5.41, 5.74) is 0. The topological polar surface area (TPSA) is 40.5 Å². The molecular weight excluding hydrogens is 174 g/mol. The van der Waals surface area contributed by atoms with Crippen molar-refractivity contribution >= 4 is 18.5 Å². The van der Waals surface area contributed by atoms with Crippen LogP contribution in [-0.2, 0) is 4.79 Å². The maximum absolute atomic E-state index is 11.5. The number of aliphatic hydroxyl groups is 1. The molecule has 0 radical (unpaired) electrons. The summed E-state index contributed by atoms with van der Waals surface area (Å²) in [7, 11) is 0. The van der Waals surface area contributed by atoms with Crippen molar-refractivity contribution in [2.45, 2.75) is 31.1 Å². The van der Waals surface area contributed by atoms with Gasteiger partial charge in [0.15, 0.2) is 0 Å². The van der Waals surface area contributed by atoms with Crippen LogP contribution in [0.1, 0.15) is 19.8 Å². The molecule has 0 aromatic rings. The molecule has 70 valence electrons. The fraction of sp³-hybridized carbons (Fsp3) is 0.875. The molecule has 0 bridgehead atoms. The van der Waals surface area contributed by atoms with Crippen LogP contribution in [-0.4, -0.2) is 40.4 Å². The summed E-state index contributed by atoms with van der Waals surface area (Å²) in [6.07, 6.45) is 1.92. The average Bonchev–Trinajstić information content (AvgIpc) is 2.49. The summed E-state index contributed by atoms with van der Waals surface area (Å²) >= 11 is 4.07. The Labute approximate surface area is 78.2 Å². The number of nitrogens with zero attached hydrogens (tertiary/aromatic N) is 1. The Hall–Kier alpha value is -0.220. The van der Waals surface area contributed by atoms with Crippen LogP contribution >= 0.6 is 12.6 Å². The van der Waals surface area contributed by atoms with E-state index in [0.717, 1.165) is 19.4 Å². The Balaban J connectivity index is 2.55. The number of carbonyl (C=O) groups is 1. The second-order valence-corrected chi connectivity index (χ2v) is 3.96. The fourth-order valence-electron chi connectivity index (χ4n) is 1.56. The predicted molar refractivity (Wildman–Crippen MR) is 50.3 cm³/mol. The van der Waals surface area contributed by atoms with E-state index >= 15 is 0 Å². The van der Waals surface area contributed by atoms with Crippen LogP contribution in [0.25, 0.3) is 0 Å². The van der Waals surface area contributed by atoms with Gasteiger partial charge in [0, 0.05) is 6.54 Å². The number of thiol groups is 1. The smallest absolute Gasteiger partial charge is 0.235 e. The van der Waals surface area contributed by atoms with Gasteiger partial charge in [-0.05, 0) is 19.8 Å². The number of hydrogen-bond donors (Lipinski definition) is 2. The van der Waals surface area contributed by atoms with Crippen molar-refractivity contribution in [1.29, 1.82) is 0 Å². The molecular formula is C8H15NO2S. The van der Waals surface area contributed by atoms with Crippen molar-refractivity contribution in [1.82, 2.24) is 4.90 Å². The molecule has 1 heterocycles. The highest BCUT2D eigenvalue weighted by atomic mass is 32.1. The van der Waals surface area contributed by atoms with E-state index in [4.69, 9.17) is 5.11 Å². The standard InChI is InChI=1S/C8H15NO2S/c1-6(12)8(11)9-4-2-3-7(9)5-10/h6-7,10,12H,2-5H2,1H3/t6?,7-/m1/s1. The third kappa shape index (κ3) is 1.93. The van der Waals surface area contributed by atoms with Crippen molar-refractivity contribution in [3.63, 3.8) is 0 Å². The Morgan fingerprint density at radius 3 is 3.00 bits per heavy atom. The van der Waals surface area contributed by atoms with Gasteiger partial charge in [0.25, 0.3) is 0 Å². The van der Waals surface area contributed by atoms with E-state index in [2.05, 4.69) is 12.6 Å². The van der Waals surface area contributed by atoms with E-state index in [1.54, 1.807) is 11.8 Å². The molecule has 1 amide bonds. The number of likely N-dealkylation sites (tertiary alicyclic amines) is 1. The summed E-state index contributed by atoms with van der Waals surface area (Å²) in [5, 5.41) is 8.70. The number of carbonyl (C=O) groups excluding carboxylic acids is 1. The molecule has 1 N–H and O–H groups in total. The summed E-state index contributed by atoms with van der Waals surface area (Å²) < 4.78 is 0. The zero-order chi connectivity index (χ0) is 9.14. The van der Waals surface area contributed by atoms with Crippen LogP contribution in [0.15, 0.2) is 0 Å². The van der Waals surface area contributed by atoms with Gasteiger partial charge in [-0.25, -0.2) is 0 Å². The quantitative estimate of drug-likeness (QED) is 0.613. The molecule has 0 aliphatic carbocycles. The molecule has 0 aromatic carbocycles. The van der Waals surface area contributed by atoms with Gasteiger partial charge >= 0.3 is 0 Å². The lowest BCUT2D eigenvalue weighted by atomic mass is 10.2. The third-order valence-corrected chi connectivity index (χ3v) is 2.45. The second kappa shape index (κ2) is 4.14. The molecule has 3 nitrogen and oxygen atoms in total. The van der Waals surface area contributed by atoms with E-state index in [1.807, 2.05) is 0 Å². The summed E-state index contributed by atoms with van der Waals surface area (Å²) in [4.78, 5) is 13.2. The van der Waals surface area contributed by atoms with E-state index in [0.29, 0.717) is 0 Å². The lowest BCUT2D eigenvalue weighted by Crippen LogP contribution is -2.41. The van der Waals surface area contributed by atoms with Crippen molar-refractivity contribution in [2.75, 3.05) is 13.2 Å². The highest BCUT2D eigenvalue weighted by molar-refractivity contribution is 7.81. The molecule has 12 heavy (non-hydrogen) atoms. The minimum atomic E-state index is -0.253. The highest BCUT2D eigenvalue weighted by Crippen LogP contribution is 2.18. The van der Waals surface area contributed by atoms with E-state index < -0.39 is 0 Å². The van der Waals surface area contributed by atoms with Crippen molar-refractivity contribution in [3.8, 4) is 0 Å². The molecule has 2 atom stereocenters. The van der Waals surface area contributed by atoms with Crippen LogP contribution < -0.4 is 0 Å². The number of aliphatic hydroxyl groups excluding tert-OH is 1. The molecule has 1 rings (SSSR count). The van der Waals surface area contributed by atoms with Gasteiger partial charge in [-0.1, -0.05) is 0 Å². The zero-order valence-electron chi connectivity index (χ0n) is 7.23. The number of hydrogen-bond acceptors (Lipinski definition) is 3. The van der Waals surface area contributed by atoms with Gasteiger partial charge in [-0.15, -0.1) is 0 Å². The monoisotopic (exact) mass is 189 g/mol. The van der Waals surface area contributed by atoms with Gasteiger partial charge in [-0.3, -0.25) is 4.79 Å². The molecule has 1 aliphatic heterocycles. The normalized spacial score (nSPS) is 25.9. The molecule has 1 saturated heterocycles.